The van der Waals surface area contributed by atoms with Crippen LogP contribution in [0.3, 0.4) is 0 Å². The molecule has 150 valence electrons. The standard InChI is InChI=1S/C22H28N2O4/c1-15-4-6-19(24-17-8-10-28-11-9-17)18(12-15)22(25)23-14-16-5-7-20(26-2)21(13-16)27-3/h4-7,12-13,17,24H,8-11,14H2,1-3H3,(H,23,25). The van der Waals surface area contributed by atoms with E-state index in [1.165, 1.54) is 0 Å². The topological polar surface area (TPSA) is 68.8 Å². The third-order valence-electron chi connectivity index (χ3n) is 4.90. The molecule has 6 heteroatoms. The Bertz CT molecular complexity index is 816. The largest absolute Gasteiger partial charge is 0.493 e. The summed E-state index contributed by atoms with van der Waals surface area (Å²) in [5.41, 5.74) is 3.51. The van der Waals surface area contributed by atoms with Crippen molar-refractivity contribution in [2.45, 2.75) is 32.4 Å². The molecule has 0 bridgehead atoms. The van der Waals surface area contributed by atoms with Gasteiger partial charge >= 0.3 is 0 Å². The van der Waals surface area contributed by atoms with Crippen LogP contribution in [0, 0.1) is 6.92 Å². The normalized spacial score (nSPS) is 14.4. The van der Waals surface area contributed by atoms with Gasteiger partial charge in [-0.2, -0.15) is 0 Å². The van der Waals surface area contributed by atoms with Crippen LogP contribution in [-0.4, -0.2) is 39.4 Å². The molecule has 1 aliphatic heterocycles. The van der Waals surface area contributed by atoms with E-state index in [0.29, 0.717) is 29.6 Å². The van der Waals surface area contributed by atoms with Crippen LogP contribution >= 0.6 is 0 Å². The molecule has 0 saturated carbocycles. The molecule has 0 unspecified atom stereocenters. The summed E-state index contributed by atoms with van der Waals surface area (Å²) in [6.07, 6.45) is 1.89. The number of hydrogen-bond acceptors (Lipinski definition) is 5. The molecule has 0 radical (unpaired) electrons. The summed E-state index contributed by atoms with van der Waals surface area (Å²) >= 11 is 0. The molecule has 1 fully saturated rings. The van der Waals surface area contributed by atoms with Gasteiger partial charge < -0.3 is 24.8 Å². The van der Waals surface area contributed by atoms with Crippen LogP contribution in [0.1, 0.15) is 34.3 Å². The van der Waals surface area contributed by atoms with Gasteiger partial charge in [-0.25, -0.2) is 0 Å². The Morgan fingerprint density at radius 2 is 1.82 bits per heavy atom. The first-order valence-electron chi connectivity index (χ1n) is 9.54. The summed E-state index contributed by atoms with van der Waals surface area (Å²) in [4.78, 5) is 12.9. The number of ether oxygens (including phenoxy) is 3. The maximum atomic E-state index is 12.9. The van der Waals surface area contributed by atoms with Crippen LogP contribution in [0.2, 0.25) is 0 Å². The maximum absolute atomic E-state index is 12.9. The van der Waals surface area contributed by atoms with E-state index in [4.69, 9.17) is 14.2 Å². The van der Waals surface area contributed by atoms with Gasteiger partial charge in [0, 0.05) is 31.5 Å². The zero-order chi connectivity index (χ0) is 19.9. The lowest BCUT2D eigenvalue weighted by molar-refractivity contribution is 0.0903. The number of benzene rings is 2. The molecular formula is C22H28N2O4. The number of carbonyl (C=O) groups is 1. The first-order chi connectivity index (χ1) is 13.6. The third kappa shape index (κ3) is 4.95. The fraction of sp³-hybridized carbons (Fsp3) is 0.409. The number of amides is 1. The van der Waals surface area contributed by atoms with Crippen molar-refractivity contribution in [3.8, 4) is 11.5 Å². The van der Waals surface area contributed by atoms with Crippen molar-refractivity contribution in [3.63, 3.8) is 0 Å². The lowest BCUT2D eigenvalue weighted by Gasteiger charge is -2.25. The van der Waals surface area contributed by atoms with Crippen molar-refractivity contribution in [2.75, 3.05) is 32.8 Å². The number of rotatable bonds is 7. The van der Waals surface area contributed by atoms with Crippen molar-refractivity contribution in [2.24, 2.45) is 0 Å². The maximum Gasteiger partial charge on any atom is 0.253 e. The summed E-state index contributed by atoms with van der Waals surface area (Å²) in [6.45, 7) is 3.90. The number of methoxy groups -OCH3 is 2. The predicted octanol–water partition coefficient (Wildman–Crippen LogP) is 3.53. The van der Waals surface area contributed by atoms with Gasteiger partial charge in [-0.15, -0.1) is 0 Å². The quantitative estimate of drug-likeness (QED) is 0.764. The smallest absolute Gasteiger partial charge is 0.253 e. The molecule has 1 saturated heterocycles. The fourth-order valence-electron chi connectivity index (χ4n) is 3.30. The van der Waals surface area contributed by atoms with E-state index >= 15 is 0 Å². The molecule has 28 heavy (non-hydrogen) atoms. The van der Waals surface area contributed by atoms with E-state index in [-0.39, 0.29) is 5.91 Å². The second-order valence-corrected chi connectivity index (χ2v) is 6.95. The second-order valence-electron chi connectivity index (χ2n) is 6.95. The highest BCUT2D eigenvalue weighted by Gasteiger charge is 2.18. The Balaban J connectivity index is 1.70. The van der Waals surface area contributed by atoms with Crippen molar-refractivity contribution in [1.82, 2.24) is 5.32 Å². The summed E-state index contributed by atoms with van der Waals surface area (Å²) < 4.78 is 16.0. The summed E-state index contributed by atoms with van der Waals surface area (Å²) in [5, 5.41) is 6.52. The van der Waals surface area contributed by atoms with Crippen molar-refractivity contribution >= 4 is 11.6 Å². The van der Waals surface area contributed by atoms with Crippen molar-refractivity contribution in [1.29, 1.82) is 0 Å². The highest BCUT2D eigenvalue weighted by molar-refractivity contribution is 5.99. The molecule has 0 aromatic heterocycles. The Labute approximate surface area is 166 Å². The zero-order valence-electron chi connectivity index (χ0n) is 16.7. The average molecular weight is 384 g/mol. The number of aryl methyl sites for hydroxylation is 1. The van der Waals surface area contributed by atoms with Crippen molar-refractivity contribution in [3.05, 3.63) is 53.1 Å². The highest BCUT2D eigenvalue weighted by Crippen LogP contribution is 2.27. The first-order valence-corrected chi connectivity index (χ1v) is 9.54. The first kappa shape index (κ1) is 20.0. The monoisotopic (exact) mass is 384 g/mol. The van der Waals surface area contributed by atoms with Crippen LogP contribution in [0.25, 0.3) is 0 Å². The lowest BCUT2D eigenvalue weighted by Crippen LogP contribution is -2.30. The number of hydrogen-bond donors (Lipinski definition) is 2. The Morgan fingerprint density at radius 1 is 1.07 bits per heavy atom. The van der Waals surface area contributed by atoms with E-state index in [2.05, 4.69) is 10.6 Å². The highest BCUT2D eigenvalue weighted by atomic mass is 16.5. The van der Waals surface area contributed by atoms with Gasteiger partial charge in [-0.1, -0.05) is 17.7 Å². The average Bonchev–Trinajstić information content (AvgIpc) is 2.73. The molecule has 1 aliphatic rings. The molecule has 2 aromatic rings. The van der Waals surface area contributed by atoms with E-state index in [0.717, 1.165) is 42.9 Å². The minimum absolute atomic E-state index is 0.104. The summed E-state index contributed by atoms with van der Waals surface area (Å²) in [7, 11) is 3.20. The fourth-order valence-corrected chi connectivity index (χ4v) is 3.30. The molecule has 2 aromatic carbocycles. The molecule has 1 amide bonds. The van der Waals surface area contributed by atoms with Crippen LogP contribution in [-0.2, 0) is 11.3 Å². The Morgan fingerprint density at radius 3 is 2.54 bits per heavy atom. The number of anilines is 1. The van der Waals surface area contributed by atoms with E-state index in [9.17, 15) is 4.79 Å². The van der Waals surface area contributed by atoms with Crippen LogP contribution in [0.15, 0.2) is 36.4 Å². The Kier molecular flexibility index (Phi) is 6.76. The summed E-state index contributed by atoms with van der Waals surface area (Å²) in [5.74, 6) is 1.21. The Hall–Kier alpha value is -2.73. The van der Waals surface area contributed by atoms with Crippen LogP contribution in [0.5, 0.6) is 11.5 Å². The molecule has 0 spiro atoms. The number of carbonyl (C=O) groups excluding carboxylic acids is 1. The predicted molar refractivity (Wildman–Crippen MR) is 109 cm³/mol. The van der Waals surface area contributed by atoms with Gasteiger partial charge in [0.05, 0.1) is 19.8 Å². The van der Waals surface area contributed by atoms with Gasteiger partial charge in [-0.05, 0) is 49.6 Å². The van der Waals surface area contributed by atoms with E-state index < -0.39 is 0 Å². The van der Waals surface area contributed by atoms with Gasteiger partial charge in [0.15, 0.2) is 11.5 Å². The SMILES string of the molecule is COc1ccc(CNC(=O)c2cc(C)ccc2NC2CCOCC2)cc1OC. The van der Waals surface area contributed by atoms with E-state index in [1.807, 2.05) is 43.3 Å². The molecule has 1 heterocycles. The number of nitrogens with one attached hydrogen (secondary N) is 2. The van der Waals surface area contributed by atoms with Gasteiger partial charge in [-0.3, -0.25) is 4.79 Å². The van der Waals surface area contributed by atoms with Crippen molar-refractivity contribution < 1.29 is 19.0 Å². The molecule has 0 atom stereocenters. The molecular weight excluding hydrogens is 356 g/mol. The minimum atomic E-state index is -0.104. The van der Waals surface area contributed by atoms with Gasteiger partial charge in [0.25, 0.3) is 5.91 Å². The zero-order valence-corrected chi connectivity index (χ0v) is 16.7. The van der Waals surface area contributed by atoms with Crippen LogP contribution in [0.4, 0.5) is 5.69 Å². The third-order valence-corrected chi connectivity index (χ3v) is 4.90. The van der Waals surface area contributed by atoms with Gasteiger partial charge in [0.1, 0.15) is 0 Å². The second kappa shape index (κ2) is 9.46. The molecule has 2 N–H and O–H groups in total. The minimum Gasteiger partial charge on any atom is -0.493 e. The lowest BCUT2D eigenvalue weighted by atomic mass is 10.0. The van der Waals surface area contributed by atoms with E-state index in [1.54, 1.807) is 14.2 Å². The molecule has 3 rings (SSSR count). The molecule has 6 nitrogen and oxygen atoms in total. The van der Waals surface area contributed by atoms with Gasteiger partial charge in [0.2, 0.25) is 0 Å². The summed E-state index contributed by atoms with van der Waals surface area (Å²) in [6, 6.07) is 11.9. The van der Waals surface area contributed by atoms with Crippen LogP contribution < -0.4 is 20.1 Å². The molecule has 0 aliphatic carbocycles.